The summed E-state index contributed by atoms with van der Waals surface area (Å²) in [5.74, 6) is -0.848. The molecule has 5 heteroatoms. The van der Waals surface area contributed by atoms with Crippen molar-refractivity contribution in [2.45, 2.75) is 96.1 Å². The van der Waals surface area contributed by atoms with E-state index in [1.54, 1.807) is 0 Å². The van der Waals surface area contributed by atoms with Gasteiger partial charge >= 0.3 is 6.18 Å². The maximum absolute atomic E-state index is 13.9. The summed E-state index contributed by atoms with van der Waals surface area (Å²) in [6.45, 7) is 2.20. The molecule has 0 heterocycles. The lowest BCUT2D eigenvalue weighted by molar-refractivity contribution is -0.142. The van der Waals surface area contributed by atoms with E-state index in [1.807, 2.05) is 0 Å². The summed E-state index contributed by atoms with van der Waals surface area (Å²) in [7, 11) is 0. The molecule has 0 aliphatic heterocycles. The van der Waals surface area contributed by atoms with Crippen LogP contribution in [-0.2, 0) is 6.18 Å². The molecule has 1 aromatic carbocycles. The number of hydrogen-bond donors (Lipinski definition) is 0. The monoisotopic (exact) mass is 442 g/mol. The fourth-order valence-corrected chi connectivity index (χ4v) is 5.48. The first kappa shape index (κ1) is 24.3. The van der Waals surface area contributed by atoms with Gasteiger partial charge in [0.05, 0.1) is 0 Å². The standard InChI is InChI=1S/C26H35F5/c1-2-3-4-5-18-6-8-19(9-7-18)10-11-20-12-14-21(15-13-20)22-16-23(27)25(24(28)17-22)26(29,30)31/h4-5,16-21H,2-3,6-15H2,1H3. The predicted octanol–water partition coefficient (Wildman–Crippen LogP) is 9.20. The first-order chi connectivity index (χ1) is 14.8. The van der Waals surface area contributed by atoms with E-state index in [0.29, 0.717) is 11.5 Å². The van der Waals surface area contributed by atoms with E-state index >= 15 is 0 Å². The van der Waals surface area contributed by atoms with Crippen LogP contribution in [0.25, 0.3) is 0 Å². The zero-order valence-electron chi connectivity index (χ0n) is 18.5. The minimum atomic E-state index is -5.00. The van der Waals surface area contributed by atoms with Crippen molar-refractivity contribution in [1.29, 1.82) is 0 Å². The third kappa shape index (κ3) is 6.79. The zero-order valence-corrected chi connectivity index (χ0v) is 18.5. The van der Waals surface area contributed by atoms with Crippen molar-refractivity contribution in [1.82, 2.24) is 0 Å². The van der Waals surface area contributed by atoms with Gasteiger partial charge in [-0.2, -0.15) is 13.2 Å². The molecule has 2 saturated carbocycles. The van der Waals surface area contributed by atoms with Crippen LogP contribution in [-0.4, -0.2) is 0 Å². The van der Waals surface area contributed by atoms with E-state index in [-0.39, 0.29) is 5.92 Å². The molecule has 0 spiro atoms. The maximum Gasteiger partial charge on any atom is 0.422 e. The van der Waals surface area contributed by atoms with Gasteiger partial charge in [0.15, 0.2) is 0 Å². The molecule has 0 unspecified atom stereocenters. The molecule has 31 heavy (non-hydrogen) atoms. The van der Waals surface area contributed by atoms with E-state index in [1.165, 1.54) is 51.4 Å². The number of rotatable bonds is 7. The summed E-state index contributed by atoms with van der Waals surface area (Å²) in [6, 6.07) is 1.79. The molecular weight excluding hydrogens is 407 g/mol. The lowest BCUT2D eigenvalue weighted by Crippen LogP contribution is -2.18. The van der Waals surface area contributed by atoms with E-state index in [9.17, 15) is 22.0 Å². The smallest absolute Gasteiger partial charge is 0.206 e. The molecule has 0 aromatic heterocycles. The second kappa shape index (κ2) is 11.0. The van der Waals surface area contributed by atoms with Gasteiger partial charge in [-0.25, -0.2) is 8.78 Å². The van der Waals surface area contributed by atoms with Crippen molar-refractivity contribution in [2.75, 3.05) is 0 Å². The van der Waals surface area contributed by atoms with Crippen molar-refractivity contribution in [3.05, 3.63) is 47.0 Å². The van der Waals surface area contributed by atoms with Crippen LogP contribution in [0, 0.1) is 29.4 Å². The average Bonchev–Trinajstić information content (AvgIpc) is 2.72. The molecule has 0 N–H and O–H groups in total. The Labute approximate surface area is 183 Å². The molecule has 3 rings (SSSR count). The lowest BCUT2D eigenvalue weighted by atomic mass is 9.74. The predicted molar refractivity (Wildman–Crippen MR) is 115 cm³/mol. The summed E-state index contributed by atoms with van der Waals surface area (Å²) in [5, 5.41) is 0. The van der Waals surface area contributed by atoms with E-state index in [2.05, 4.69) is 19.1 Å². The number of unbranched alkanes of at least 4 members (excludes halogenated alkanes) is 1. The Morgan fingerprint density at radius 2 is 1.35 bits per heavy atom. The second-order valence-corrected chi connectivity index (χ2v) is 9.65. The number of benzene rings is 1. The van der Waals surface area contributed by atoms with E-state index < -0.39 is 23.4 Å². The average molecular weight is 443 g/mol. The third-order valence-corrected chi connectivity index (χ3v) is 7.40. The molecule has 0 bridgehead atoms. The summed E-state index contributed by atoms with van der Waals surface area (Å²) >= 11 is 0. The minimum absolute atomic E-state index is 0.0483. The fourth-order valence-electron chi connectivity index (χ4n) is 5.48. The summed E-state index contributed by atoms with van der Waals surface area (Å²) in [4.78, 5) is 0. The molecule has 0 amide bonds. The quantitative estimate of drug-likeness (QED) is 0.292. The van der Waals surface area contributed by atoms with Crippen molar-refractivity contribution in [3.63, 3.8) is 0 Å². The molecule has 0 atom stereocenters. The van der Waals surface area contributed by atoms with Crippen LogP contribution >= 0.6 is 0 Å². The highest BCUT2D eigenvalue weighted by Crippen LogP contribution is 2.42. The normalized spacial score (nSPS) is 27.7. The van der Waals surface area contributed by atoms with Crippen molar-refractivity contribution in [3.8, 4) is 0 Å². The van der Waals surface area contributed by atoms with Gasteiger partial charge in [0.25, 0.3) is 0 Å². The SMILES string of the molecule is CCCC=CC1CCC(CCC2CCC(c3cc(F)c(C(F)(F)F)c(F)c3)CC2)CC1. The Morgan fingerprint density at radius 1 is 0.839 bits per heavy atom. The van der Waals surface area contributed by atoms with Gasteiger partial charge in [0.2, 0.25) is 0 Å². The minimum Gasteiger partial charge on any atom is -0.206 e. The molecule has 1 aromatic rings. The first-order valence-electron chi connectivity index (χ1n) is 12.0. The highest BCUT2D eigenvalue weighted by atomic mass is 19.4. The van der Waals surface area contributed by atoms with Crippen LogP contribution in [0.5, 0.6) is 0 Å². The summed E-state index contributed by atoms with van der Waals surface area (Å²) < 4.78 is 66.2. The molecule has 2 aliphatic carbocycles. The Balaban J connectivity index is 1.43. The second-order valence-electron chi connectivity index (χ2n) is 9.65. The van der Waals surface area contributed by atoms with Crippen LogP contribution in [0.4, 0.5) is 22.0 Å². The molecule has 2 fully saturated rings. The Morgan fingerprint density at radius 3 is 1.84 bits per heavy atom. The zero-order chi connectivity index (χ0) is 22.4. The van der Waals surface area contributed by atoms with Crippen molar-refractivity contribution in [2.24, 2.45) is 17.8 Å². The number of allylic oxidation sites excluding steroid dienone is 2. The molecule has 174 valence electrons. The molecule has 0 radical (unpaired) electrons. The van der Waals surface area contributed by atoms with Gasteiger partial charge in [0.1, 0.15) is 17.2 Å². The molecule has 0 nitrogen and oxygen atoms in total. The Bertz CT molecular complexity index is 697. The largest absolute Gasteiger partial charge is 0.422 e. The number of alkyl halides is 3. The lowest BCUT2D eigenvalue weighted by Gasteiger charge is -2.31. The Kier molecular flexibility index (Phi) is 8.58. The highest BCUT2D eigenvalue weighted by Gasteiger charge is 2.38. The first-order valence-corrected chi connectivity index (χ1v) is 12.0. The van der Waals surface area contributed by atoms with Gasteiger partial charge in [-0.1, -0.05) is 38.3 Å². The Hall–Kier alpha value is -1.39. The van der Waals surface area contributed by atoms with Crippen LogP contribution in [0.3, 0.4) is 0 Å². The van der Waals surface area contributed by atoms with Crippen LogP contribution in [0.1, 0.15) is 101 Å². The van der Waals surface area contributed by atoms with Gasteiger partial charge in [-0.15, -0.1) is 0 Å². The fraction of sp³-hybridized carbons (Fsp3) is 0.692. The third-order valence-electron chi connectivity index (χ3n) is 7.40. The maximum atomic E-state index is 13.9. The molecule has 0 saturated heterocycles. The molecule has 2 aliphatic rings. The summed E-state index contributed by atoms with van der Waals surface area (Å²) in [5.41, 5.74) is -1.41. The van der Waals surface area contributed by atoms with Gasteiger partial charge in [-0.3, -0.25) is 0 Å². The van der Waals surface area contributed by atoms with Gasteiger partial charge < -0.3 is 0 Å². The van der Waals surface area contributed by atoms with Crippen LogP contribution in [0.2, 0.25) is 0 Å². The van der Waals surface area contributed by atoms with Crippen LogP contribution < -0.4 is 0 Å². The number of hydrogen-bond acceptors (Lipinski definition) is 0. The number of halogens is 5. The topological polar surface area (TPSA) is 0 Å². The highest BCUT2D eigenvalue weighted by molar-refractivity contribution is 5.30. The summed E-state index contributed by atoms with van der Waals surface area (Å²) in [6.07, 6.45) is 13.3. The van der Waals surface area contributed by atoms with Crippen LogP contribution in [0.15, 0.2) is 24.3 Å². The van der Waals surface area contributed by atoms with E-state index in [4.69, 9.17) is 0 Å². The van der Waals surface area contributed by atoms with Crippen molar-refractivity contribution >= 4 is 0 Å². The van der Waals surface area contributed by atoms with E-state index in [0.717, 1.165) is 49.7 Å². The van der Waals surface area contributed by atoms with Crippen molar-refractivity contribution < 1.29 is 22.0 Å². The van der Waals surface area contributed by atoms with Gasteiger partial charge in [-0.05, 0) is 99.2 Å². The van der Waals surface area contributed by atoms with Gasteiger partial charge in [0, 0.05) is 0 Å². The molecular formula is C26H35F5.